The Morgan fingerprint density at radius 1 is 1.26 bits per heavy atom. The van der Waals surface area contributed by atoms with Crippen LogP contribution in [0.4, 0.5) is 0 Å². The normalized spacial score (nSPS) is 14.4. The predicted octanol–water partition coefficient (Wildman–Crippen LogP) is 4.44. The molecule has 0 aliphatic rings. The van der Waals surface area contributed by atoms with Gasteiger partial charge in [0.25, 0.3) is 0 Å². The largest absolute Gasteiger partial charge is 0.396 e. The summed E-state index contributed by atoms with van der Waals surface area (Å²) < 4.78 is 0. The number of aliphatic hydroxyl groups excluding tert-OH is 1. The maximum Gasteiger partial charge on any atom is 0.0468 e. The van der Waals surface area contributed by atoms with Crippen molar-refractivity contribution in [2.45, 2.75) is 39.2 Å². The van der Waals surface area contributed by atoms with E-state index in [1.165, 1.54) is 0 Å². The molecule has 0 aromatic heterocycles. The molecule has 19 heavy (non-hydrogen) atoms. The molecule has 1 aromatic rings. The minimum Gasteiger partial charge on any atom is -0.396 e. The number of aliphatic hydroxyl groups is 1. The van der Waals surface area contributed by atoms with Gasteiger partial charge in [-0.2, -0.15) is 0 Å². The molecule has 0 heterocycles. The highest BCUT2D eigenvalue weighted by molar-refractivity contribution is 6.35. The fourth-order valence-electron chi connectivity index (χ4n) is 2.25. The van der Waals surface area contributed by atoms with Crippen LogP contribution in [0.5, 0.6) is 0 Å². The Morgan fingerprint density at radius 3 is 2.58 bits per heavy atom. The number of benzene rings is 1. The molecule has 2 atom stereocenters. The van der Waals surface area contributed by atoms with Crippen LogP contribution in [0.2, 0.25) is 10.0 Å². The zero-order valence-corrected chi connectivity index (χ0v) is 13.1. The molecule has 0 fully saturated rings. The fraction of sp³-hybridized carbons (Fsp3) is 0.600. The van der Waals surface area contributed by atoms with E-state index in [1.54, 1.807) is 6.07 Å². The maximum absolute atomic E-state index is 9.06. The molecule has 0 amide bonds. The summed E-state index contributed by atoms with van der Waals surface area (Å²) in [6.45, 7) is 5.41. The van der Waals surface area contributed by atoms with E-state index < -0.39 is 0 Å². The second-order valence-corrected chi connectivity index (χ2v) is 5.81. The van der Waals surface area contributed by atoms with Gasteiger partial charge < -0.3 is 10.4 Å². The second-order valence-electron chi connectivity index (χ2n) is 4.96. The van der Waals surface area contributed by atoms with E-state index in [4.69, 9.17) is 28.3 Å². The highest BCUT2D eigenvalue weighted by Crippen LogP contribution is 2.26. The maximum atomic E-state index is 9.06. The zero-order valence-electron chi connectivity index (χ0n) is 11.6. The van der Waals surface area contributed by atoms with Gasteiger partial charge in [0.15, 0.2) is 0 Å². The third-order valence-electron chi connectivity index (χ3n) is 3.38. The van der Waals surface area contributed by atoms with Crippen LogP contribution in [0.15, 0.2) is 18.2 Å². The van der Waals surface area contributed by atoms with Crippen molar-refractivity contribution in [2.24, 2.45) is 5.92 Å². The van der Waals surface area contributed by atoms with Crippen LogP contribution in [0.1, 0.15) is 44.7 Å². The lowest BCUT2D eigenvalue weighted by Gasteiger charge is -2.21. The van der Waals surface area contributed by atoms with Gasteiger partial charge in [0.05, 0.1) is 0 Å². The average molecular weight is 304 g/mol. The summed E-state index contributed by atoms with van der Waals surface area (Å²) in [5.41, 5.74) is 1.06. The molecule has 0 radical (unpaired) electrons. The molecule has 0 bridgehead atoms. The molecular weight excluding hydrogens is 281 g/mol. The summed E-state index contributed by atoms with van der Waals surface area (Å²) in [7, 11) is 0. The van der Waals surface area contributed by atoms with Gasteiger partial charge in [-0.25, -0.2) is 0 Å². The van der Waals surface area contributed by atoms with Crippen LogP contribution in [0.25, 0.3) is 0 Å². The van der Waals surface area contributed by atoms with Gasteiger partial charge in [-0.05, 0) is 49.9 Å². The first kappa shape index (κ1) is 16.8. The first-order valence-corrected chi connectivity index (χ1v) is 7.63. The van der Waals surface area contributed by atoms with Crippen molar-refractivity contribution in [2.75, 3.05) is 13.2 Å². The van der Waals surface area contributed by atoms with Gasteiger partial charge in [0.2, 0.25) is 0 Å². The van der Waals surface area contributed by atoms with Gasteiger partial charge in [-0.1, -0.05) is 42.6 Å². The minimum absolute atomic E-state index is 0.183. The SMILES string of the molecule is CCCC(CCO)CNC(C)c1ccc(Cl)cc1Cl. The number of hydrogen-bond donors (Lipinski definition) is 2. The first-order valence-electron chi connectivity index (χ1n) is 6.87. The van der Waals surface area contributed by atoms with Gasteiger partial charge in [0.1, 0.15) is 0 Å². The molecule has 0 saturated carbocycles. The van der Waals surface area contributed by atoms with Crippen LogP contribution in [-0.4, -0.2) is 18.3 Å². The summed E-state index contributed by atoms with van der Waals surface area (Å²) in [6, 6.07) is 5.78. The molecule has 0 aliphatic carbocycles. The van der Waals surface area contributed by atoms with Gasteiger partial charge >= 0.3 is 0 Å². The Morgan fingerprint density at radius 2 is 2.00 bits per heavy atom. The van der Waals surface area contributed by atoms with E-state index in [2.05, 4.69) is 19.2 Å². The fourth-order valence-corrected chi connectivity index (χ4v) is 2.82. The molecule has 108 valence electrons. The minimum atomic E-state index is 0.183. The van der Waals surface area contributed by atoms with Gasteiger partial charge in [-0.3, -0.25) is 0 Å². The third kappa shape index (κ3) is 5.70. The quantitative estimate of drug-likeness (QED) is 0.744. The summed E-state index contributed by atoms with van der Waals surface area (Å²) in [4.78, 5) is 0. The van der Waals surface area contributed by atoms with E-state index in [9.17, 15) is 0 Å². The van der Waals surface area contributed by atoms with Crippen LogP contribution < -0.4 is 5.32 Å². The molecule has 2 N–H and O–H groups in total. The first-order chi connectivity index (χ1) is 9.08. The van der Waals surface area contributed by atoms with Crippen LogP contribution in [0.3, 0.4) is 0 Å². The Hall–Kier alpha value is -0.280. The lowest BCUT2D eigenvalue weighted by Crippen LogP contribution is -2.26. The van der Waals surface area contributed by atoms with Crippen molar-refractivity contribution in [1.29, 1.82) is 0 Å². The molecule has 2 nitrogen and oxygen atoms in total. The van der Waals surface area contributed by atoms with Crippen molar-refractivity contribution in [1.82, 2.24) is 5.32 Å². The van der Waals surface area contributed by atoms with E-state index in [-0.39, 0.29) is 12.6 Å². The Balaban J connectivity index is 2.55. The van der Waals surface area contributed by atoms with E-state index in [1.807, 2.05) is 12.1 Å². The van der Waals surface area contributed by atoms with E-state index >= 15 is 0 Å². The zero-order chi connectivity index (χ0) is 14.3. The van der Waals surface area contributed by atoms with Crippen LogP contribution in [-0.2, 0) is 0 Å². The monoisotopic (exact) mass is 303 g/mol. The number of nitrogens with one attached hydrogen (secondary N) is 1. The lowest BCUT2D eigenvalue weighted by molar-refractivity contribution is 0.246. The van der Waals surface area contributed by atoms with Crippen molar-refractivity contribution < 1.29 is 5.11 Å². The summed E-state index contributed by atoms with van der Waals surface area (Å²) >= 11 is 12.1. The predicted molar refractivity (Wildman–Crippen MR) is 83.0 cm³/mol. The van der Waals surface area contributed by atoms with Crippen LogP contribution >= 0.6 is 23.2 Å². The molecule has 1 aromatic carbocycles. The van der Waals surface area contributed by atoms with E-state index in [0.717, 1.165) is 31.4 Å². The molecule has 0 aliphatic heterocycles. The molecule has 4 heteroatoms. The van der Waals surface area contributed by atoms with Crippen molar-refractivity contribution in [3.63, 3.8) is 0 Å². The van der Waals surface area contributed by atoms with Crippen molar-refractivity contribution in [3.05, 3.63) is 33.8 Å². The number of hydrogen-bond acceptors (Lipinski definition) is 2. The molecule has 1 rings (SSSR count). The second kappa shape index (κ2) is 8.80. The summed E-state index contributed by atoms with van der Waals surface area (Å²) in [5, 5.41) is 13.9. The third-order valence-corrected chi connectivity index (χ3v) is 3.94. The number of rotatable bonds is 8. The van der Waals surface area contributed by atoms with Crippen LogP contribution in [0, 0.1) is 5.92 Å². The number of halogens is 2. The van der Waals surface area contributed by atoms with Gasteiger partial charge in [-0.15, -0.1) is 0 Å². The van der Waals surface area contributed by atoms with Gasteiger partial charge in [0, 0.05) is 22.7 Å². The summed E-state index contributed by atoms with van der Waals surface area (Å²) in [6.07, 6.45) is 3.12. The summed E-state index contributed by atoms with van der Waals surface area (Å²) in [5.74, 6) is 0.517. The molecule has 0 spiro atoms. The van der Waals surface area contributed by atoms with Crippen molar-refractivity contribution >= 4 is 23.2 Å². The highest BCUT2D eigenvalue weighted by atomic mass is 35.5. The standard InChI is InChI=1S/C15H23Cl2NO/c1-3-4-12(7-8-19)10-18-11(2)14-6-5-13(16)9-15(14)17/h5-6,9,11-12,18-19H,3-4,7-8,10H2,1-2H3. The van der Waals surface area contributed by atoms with Crippen molar-refractivity contribution in [3.8, 4) is 0 Å². The smallest absolute Gasteiger partial charge is 0.0468 e. The molecule has 0 saturated heterocycles. The topological polar surface area (TPSA) is 32.3 Å². The Bertz CT molecular complexity index is 378. The Labute approximate surface area is 126 Å². The lowest BCUT2D eigenvalue weighted by atomic mass is 9.99. The highest BCUT2D eigenvalue weighted by Gasteiger charge is 2.12. The molecular formula is C15H23Cl2NO. The Kier molecular flexibility index (Phi) is 7.77. The van der Waals surface area contributed by atoms with E-state index in [0.29, 0.717) is 16.0 Å². The molecule has 2 unspecified atom stereocenters. The average Bonchev–Trinajstić information content (AvgIpc) is 2.36.